The third-order valence-electron chi connectivity index (χ3n) is 5.33. The second-order valence-electron chi connectivity index (χ2n) is 6.94. The summed E-state index contributed by atoms with van der Waals surface area (Å²) in [6.45, 7) is 4.53. The van der Waals surface area contributed by atoms with E-state index in [1.54, 1.807) is 6.92 Å². The van der Waals surface area contributed by atoms with E-state index < -0.39 is 11.7 Å². The molecule has 3 aliphatic rings. The molecule has 3 saturated carbocycles. The molecule has 2 N–H and O–H groups in total. The molecule has 0 aromatic carbocycles. The fourth-order valence-corrected chi connectivity index (χ4v) is 3.73. The zero-order valence-corrected chi connectivity index (χ0v) is 12.0. The largest absolute Gasteiger partial charge is 0.391 e. The maximum absolute atomic E-state index is 10.6. The van der Waals surface area contributed by atoms with Gasteiger partial charge in [-0.2, -0.15) is 0 Å². The van der Waals surface area contributed by atoms with E-state index in [1.165, 1.54) is 19.3 Å². The molecule has 4 nitrogen and oxygen atoms in total. The highest BCUT2D eigenvalue weighted by Gasteiger charge is 2.77. The van der Waals surface area contributed by atoms with Crippen LogP contribution in [-0.2, 0) is 9.47 Å². The van der Waals surface area contributed by atoms with Crippen molar-refractivity contribution in [2.24, 2.45) is 5.41 Å². The number of aliphatic hydroxyl groups excluding tert-OH is 1. The maximum Gasteiger partial charge on any atom is 0.102 e. The molecule has 19 heavy (non-hydrogen) atoms. The van der Waals surface area contributed by atoms with Crippen molar-refractivity contribution in [3.05, 3.63) is 0 Å². The summed E-state index contributed by atoms with van der Waals surface area (Å²) in [7, 11) is 0. The first-order chi connectivity index (χ1) is 8.93. The van der Waals surface area contributed by atoms with Crippen molar-refractivity contribution in [3.8, 4) is 0 Å². The predicted octanol–water partition coefficient (Wildman–Crippen LogP) is 1.63. The Morgan fingerprint density at radius 2 is 1.63 bits per heavy atom. The van der Waals surface area contributed by atoms with Crippen LogP contribution >= 0.6 is 0 Å². The third-order valence-corrected chi connectivity index (χ3v) is 5.33. The van der Waals surface area contributed by atoms with Gasteiger partial charge in [-0.05, 0) is 52.4 Å². The summed E-state index contributed by atoms with van der Waals surface area (Å²) < 4.78 is 11.7. The van der Waals surface area contributed by atoms with Crippen LogP contribution in [-0.4, -0.2) is 46.8 Å². The lowest BCUT2D eigenvalue weighted by Gasteiger charge is -2.54. The van der Waals surface area contributed by atoms with E-state index >= 15 is 0 Å². The molecular formula is C15H26O4. The average molecular weight is 270 g/mol. The van der Waals surface area contributed by atoms with Crippen LogP contribution in [0.15, 0.2) is 0 Å². The zero-order chi connectivity index (χ0) is 13.7. The van der Waals surface area contributed by atoms with Crippen molar-refractivity contribution in [2.45, 2.75) is 75.8 Å². The van der Waals surface area contributed by atoms with Crippen LogP contribution in [0.25, 0.3) is 0 Å². The molecule has 1 spiro atoms. The fourth-order valence-electron chi connectivity index (χ4n) is 3.73. The van der Waals surface area contributed by atoms with Gasteiger partial charge in [0.05, 0.1) is 31.0 Å². The number of hydrogen-bond donors (Lipinski definition) is 2. The number of rotatable bonds is 7. The van der Waals surface area contributed by atoms with E-state index in [0.29, 0.717) is 13.2 Å². The minimum Gasteiger partial charge on any atom is -0.391 e. The lowest BCUT2D eigenvalue weighted by atomic mass is 9.61. The van der Waals surface area contributed by atoms with Gasteiger partial charge < -0.3 is 19.7 Å². The summed E-state index contributed by atoms with van der Waals surface area (Å²) in [5, 5.41) is 19.8. The highest BCUT2D eigenvalue weighted by molar-refractivity contribution is 5.28. The first-order valence-electron chi connectivity index (χ1n) is 7.59. The molecule has 3 fully saturated rings. The SMILES string of the molecule is CC(O)COC(C)COC1(C2(O)CC2)CCC12CC2. The van der Waals surface area contributed by atoms with E-state index in [-0.39, 0.29) is 17.1 Å². The van der Waals surface area contributed by atoms with Gasteiger partial charge in [0.1, 0.15) is 5.60 Å². The molecule has 0 amide bonds. The summed E-state index contributed by atoms with van der Waals surface area (Å²) in [4.78, 5) is 0. The molecule has 4 heteroatoms. The van der Waals surface area contributed by atoms with Gasteiger partial charge in [-0.3, -0.25) is 0 Å². The Morgan fingerprint density at radius 3 is 2.05 bits per heavy atom. The molecule has 0 heterocycles. The van der Waals surface area contributed by atoms with E-state index in [2.05, 4.69) is 0 Å². The molecule has 3 unspecified atom stereocenters. The summed E-state index contributed by atoms with van der Waals surface area (Å²) in [6.07, 6.45) is 5.91. The molecule has 0 radical (unpaired) electrons. The van der Waals surface area contributed by atoms with Gasteiger partial charge >= 0.3 is 0 Å². The van der Waals surface area contributed by atoms with Crippen molar-refractivity contribution in [1.82, 2.24) is 0 Å². The van der Waals surface area contributed by atoms with E-state index in [1.807, 2.05) is 6.92 Å². The summed E-state index contributed by atoms with van der Waals surface area (Å²) in [5.74, 6) is 0. The molecule has 0 aromatic rings. The minimum atomic E-state index is -0.564. The van der Waals surface area contributed by atoms with Gasteiger partial charge in [-0.25, -0.2) is 0 Å². The minimum absolute atomic E-state index is 0.0368. The van der Waals surface area contributed by atoms with Gasteiger partial charge in [-0.15, -0.1) is 0 Å². The van der Waals surface area contributed by atoms with Crippen molar-refractivity contribution < 1.29 is 19.7 Å². The summed E-state index contributed by atoms with van der Waals surface area (Å²) >= 11 is 0. The molecule has 3 atom stereocenters. The molecule has 110 valence electrons. The Kier molecular flexibility index (Phi) is 3.21. The van der Waals surface area contributed by atoms with Gasteiger partial charge in [0.15, 0.2) is 0 Å². The van der Waals surface area contributed by atoms with Crippen LogP contribution in [0.1, 0.15) is 52.4 Å². The Balaban J connectivity index is 1.55. The second-order valence-corrected chi connectivity index (χ2v) is 6.94. The van der Waals surface area contributed by atoms with Crippen molar-refractivity contribution in [1.29, 1.82) is 0 Å². The molecule has 0 aliphatic heterocycles. The molecule has 0 aromatic heterocycles. The van der Waals surface area contributed by atoms with Gasteiger partial charge in [0, 0.05) is 5.41 Å². The Bertz CT molecular complexity index is 332. The number of ether oxygens (including phenoxy) is 2. The van der Waals surface area contributed by atoms with E-state index in [0.717, 1.165) is 19.3 Å². The number of aliphatic hydroxyl groups is 2. The van der Waals surface area contributed by atoms with Crippen LogP contribution < -0.4 is 0 Å². The van der Waals surface area contributed by atoms with Crippen LogP contribution in [0, 0.1) is 5.41 Å². The molecular weight excluding hydrogens is 244 g/mol. The first-order valence-corrected chi connectivity index (χ1v) is 7.59. The molecule has 3 aliphatic carbocycles. The molecule has 3 rings (SSSR count). The monoisotopic (exact) mass is 270 g/mol. The topological polar surface area (TPSA) is 58.9 Å². The standard InChI is InChI=1S/C15H26O4/c1-11(16)9-18-12(2)10-19-15(14(17)6-7-14)8-5-13(15)3-4-13/h11-12,16-17H,3-10H2,1-2H3. The van der Waals surface area contributed by atoms with Gasteiger partial charge in [0.25, 0.3) is 0 Å². The van der Waals surface area contributed by atoms with Gasteiger partial charge in [-0.1, -0.05) is 0 Å². The van der Waals surface area contributed by atoms with E-state index in [9.17, 15) is 10.2 Å². The average Bonchev–Trinajstić information content (AvgIpc) is 3.21. The first kappa shape index (κ1) is 13.8. The fraction of sp³-hybridized carbons (Fsp3) is 1.00. The Labute approximate surface area is 115 Å². The number of hydrogen-bond acceptors (Lipinski definition) is 4. The highest BCUT2D eigenvalue weighted by atomic mass is 16.6. The third kappa shape index (κ3) is 2.13. The summed E-state index contributed by atoms with van der Waals surface area (Å²) in [5.41, 5.74) is -0.573. The summed E-state index contributed by atoms with van der Waals surface area (Å²) in [6, 6.07) is 0. The Hall–Kier alpha value is -0.160. The van der Waals surface area contributed by atoms with Crippen molar-refractivity contribution >= 4 is 0 Å². The van der Waals surface area contributed by atoms with Crippen molar-refractivity contribution in [3.63, 3.8) is 0 Å². The smallest absolute Gasteiger partial charge is 0.102 e. The Morgan fingerprint density at radius 1 is 1.00 bits per heavy atom. The lowest BCUT2D eigenvalue weighted by molar-refractivity contribution is -0.241. The van der Waals surface area contributed by atoms with Crippen LogP contribution in [0.4, 0.5) is 0 Å². The quantitative estimate of drug-likeness (QED) is 0.738. The van der Waals surface area contributed by atoms with E-state index in [4.69, 9.17) is 9.47 Å². The zero-order valence-electron chi connectivity index (χ0n) is 12.0. The van der Waals surface area contributed by atoms with Crippen LogP contribution in [0.2, 0.25) is 0 Å². The lowest BCUT2D eigenvalue weighted by Crippen LogP contribution is -2.61. The predicted molar refractivity (Wildman–Crippen MR) is 70.9 cm³/mol. The normalized spacial score (nSPS) is 36.6. The highest BCUT2D eigenvalue weighted by Crippen LogP contribution is 2.75. The molecule has 0 saturated heterocycles. The van der Waals surface area contributed by atoms with Crippen LogP contribution in [0.3, 0.4) is 0 Å². The second kappa shape index (κ2) is 4.42. The maximum atomic E-state index is 10.6. The van der Waals surface area contributed by atoms with Crippen molar-refractivity contribution in [2.75, 3.05) is 13.2 Å². The van der Waals surface area contributed by atoms with Gasteiger partial charge in [0.2, 0.25) is 0 Å². The molecule has 0 bridgehead atoms. The van der Waals surface area contributed by atoms with Crippen LogP contribution in [0.5, 0.6) is 0 Å².